The summed E-state index contributed by atoms with van der Waals surface area (Å²) in [7, 11) is 2.22. The first-order valence-electron chi connectivity index (χ1n) is 9.55. The molecule has 1 aromatic heterocycles. The highest BCUT2D eigenvalue weighted by Crippen LogP contribution is 2.28. The molecule has 0 bridgehead atoms. The Morgan fingerprint density at radius 2 is 2.15 bits per heavy atom. The van der Waals surface area contributed by atoms with Gasteiger partial charge in [-0.1, -0.05) is 28.1 Å². The largest absolute Gasteiger partial charge is 0.396 e. The van der Waals surface area contributed by atoms with Gasteiger partial charge in [0.15, 0.2) is 0 Å². The summed E-state index contributed by atoms with van der Waals surface area (Å²) < 4.78 is 1.11. The Labute approximate surface area is 169 Å². The van der Waals surface area contributed by atoms with Crippen LogP contribution in [0.1, 0.15) is 24.8 Å². The van der Waals surface area contributed by atoms with Gasteiger partial charge in [-0.2, -0.15) is 4.98 Å². The van der Waals surface area contributed by atoms with Crippen molar-refractivity contribution in [3.8, 4) is 0 Å². The van der Waals surface area contributed by atoms with Gasteiger partial charge in [-0.05, 0) is 56.3 Å². The van der Waals surface area contributed by atoms with Gasteiger partial charge in [0.25, 0.3) is 0 Å². The van der Waals surface area contributed by atoms with Gasteiger partial charge < -0.3 is 20.6 Å². The summed E-state index contributed by atoms with van der Waals surface area (Å²) in [6.07, 6.45) is 3.93. The number of benzene rings is 1. The maximum Gasteiger partial charge on any atom is 0.241 e. The molecule has 3 rings (SSSR count). The lowest BCUT2D eigenvalue weighted by Gasteiger charge is -2.42. The van der Waals surface area contributed by atoms with Crippen LogP contribution in [0.15, 0.2) is 28.7 Å². The van der Waals surface area contributed by atoms with Crippen molar-refractivity contribution in [1.82, 2.24) is 20.1 Å². The molecular weight excluding hydrogens is 408 g/mol. The standard InChI is InChI=1S/C19H29BrN6O/c1-25(10-8-14-4-6-16(20)7-5-14)17-9-11-26(13-15(17)3-2-12-27)19-22-18(21)23-24-19/h4-7,15,17,27H,2-3,8-13H2,1H3,(H3,21,22,23,24). The normalized spacial score (nSPS) is 20.4. The van der Waals surface area contributed by atoms with Crippen LogP contribution < -0.4 is 10.6 Å². The molecule has 7 nitrogen and oxygen atoms in total. The van der Waals surface area contributed by atoms with Crippen molar-refractivity contribution in [1.29, 1.82) is 0 Å². The monoisotopic (exact) mass is 436 g/mol. The molecular formula is C19H29BrN6O. The number of likely N-dealkylation sites (N-methyl/N-ethyl adjacent to an activating group) is 1. The summed E-state index contributed by atoms with van der Waals surface area (Å²) in [6, 6.07) is 9.06. The number of nitrogens with one attached hydrogen (secondary N) is 1. The minimum absolute atomic E-state index is 0.237. The molecule has 2 unspecified atom stereocenters. The second-order valence-electron chi connectivity index (χ2n) is 7.30. The number of H-pyrrole nitrogens is 1. The molecule has 1 saturated heterocycles. The van der Waals surface area contributed by atoms with Crippen molar-refractivity contribution in [3.05, 3.63) is 34.3 Å². The van der Waals surface area contributed by atoms with Crippen molar-refractivity contribution in [3.63, 3.8) is 0 Å². The topological polar surface area (TPSA) is 94.3 Å². The smallest absolute Gasteiger partial charge is 0.241 e. The number of nitrogens with two attached hydrogens (primary N) is 1. The maximum absolute atomic E-state index is 9.31. The zero-order chi connectivity index (χ0) is 19.2. The summed E-state index contributed by atoms with van der Waals surface area (Å²) in [5.74, 6) is 1.51. The van der Waals surface area contributed by atoms with E-state index in [-0.39, 0.29) is 12.6 Å². The average molecular weight is 437 g/mol. The van der Waals surface area contributed by atoms with Gasteiger partial charge in [0.05, 0.1) is 0 Å². The fourth-order valence-electron chi connectivity index (χ4n) is 3.96. The lowest BCUT2D eigenvalue weighted by Crippen LogP contribution is -2.50. The first-order chi connectivity index (χ1) is 13.1. The number of aromatic nitrogens is 3. The number of hydrogen-bond acceptors (Lipinski definition) is 6. The van der Waals surface area contributed by atoms with Crippen molar-refractivity contribution in [2.24, 2.45) is 5.92 Å². The Morgan fingerprint density at radius 1 is 1.37 bits per heavy atom. The van der Waals surface area contributed by atoms with E-state index in [0.717, 1.165) is 55.7 Å². The predicted octanol–water partition coefficient (Wildman–Crippen LogP) is 2.29. The Morgan fingerprint density at radius 3 is 2.81 bits per heavy atom. The van der Waals surface area contributed by atoms with Crippen molar-refractivity contribution in [2.45, 2.75) is 31.7 Å². The number of piperidine rings is 1. The van der Waals surface area contributed by atoms with E-state index in [0.29, 0.717) is 12.0 Å². The molecule has 0 aliphatic carbocycles. The summed E-state index contributed by atoms with van der Waals surface area (Å²) in [5, 5.41) is 16.2. The molecule has 2 heterocycles. The highest BCUT2D eigenvalue weighted by atomic mass is 79.9. The van der Waals surface area contributed by atoms with Crippen molar-refractivity contribution >= 4 is 27.8 Å². The predicted molar refractivity (Wildman–Crippen MR) is 112 cm³/mol. The molecule has 1 aliphatic rings. The average Bonchev–Trinajstić information content (AvgIpc) is 3.12. The van der Waals surface area contributed by atoms with Crippen LogP contribution in [0.3, 0.4) is 0 Å². The molecule has 4 N–H and O–H groups in total. The number of rotatable bonds is 8. The van der Waals surface area contributed by atoms with E-state index in [1.165, 1.54) is 5.56 Å². The van der Waals surface area contributed by atoms with Crippen LogP contribution in [0.25, 0.3) is 0 Å². The number of aromatic amines is 1. The molecule has 0 amide bonds. The van der Waals surface area contributed by atoms with Gasteiger partial charge in [0.1, 0.15) is 0 Å². The van der Waals surface area contributed by atoms with E-state index < -0.39 is 0 Å². The molecule has 2 aromatic rings. The summed E-state index contributed by atoms with van der Waals surface area (Å²) >= 11 is 3.49. The molecule has 0 spiro atoms. The molecule has 2 atom stereocenters. The molecule has 1 aliphatic heterocycles. The SMILES string of the molecule is CN(CCc1ccc(Br)cc1)C1CCN(c2nc(N)n[nH]2)CC1CCCO. The number of aliphatic hydroxyl groups excluding tert-OH is 1. The van der Waals surface area contributed by atoms with Crippen LogP contribution in [0.2, 0.25) is 0 Å². The van der Waals surface area contributed by atoms with E-state index in [4.69, 9.17) is 5.73 Å². The minimum atomic E-state index is 0.237. The summed E-state index contributed by atoms with van der Waals surface area (Å²) in [5.41, 5.74) is 7.01. The third-order valence-electron chi connectivity index (χ3n) is 5.45. The Balaban J connectivity index is 1.60. The highest BCUT2D eigenvalue weighted by Gasteiger charge is 2.32. The van der Waals surface area contributed by atoms with Crippen molar-refractivity contribution < 1.29 is 5.11 Å². The van der Waals surface area contributed by atoms with E-state index in [2.05, 4.69) is 72.2 Å². The molecule has 1 fully saturated rings. The molecule has 0 saturated carbocycles. The van der Waals surface area contributed by atoms with Crippen molar-refractivity contribution in [2.75, 3.05) is 43.9 Å². The van der Waals surface area contributed by atoms with Gasteiger partial charge in [-0.15, -0.1) is 5.10 Å². The number of hydrogen-bond donors (Lipinski definition) is 3. The molecule has 1 aromatic carbocycles. The zero-order valence-electron chi connectivity index (χ0n) is 15.8. The number of aliphatic hydroxyl groups is 1. The number of halogens is 1. The first kappa shape index (κ1) is 20.1. The molecule has 8 heteroatoms. The van der Waals surface area contributed by atoms with Gasteiger partial charge in [0.2, 0.25) is 11.9 Å². The van der Waals surface area contributed by atoms with Crippen LogP contribution in [0, 0.1) is 5.92 Å². The van der Waals surface area contributed by atoms with Crippen LogP contribution in [-0.2, 0) is 6.42 Å². The lowest BCUT2D eigenvalue weighted by atomic mass is 9.87. The summed E-state index contributed by atoms with van der Waals surface area (Å²) in [4.78, 5) is 8.98. The van der Waals surface area contributed by atoms with Gasteiger partial charge in [-0.25, -0.2) is 5.10 Å². The fraction of sp³-hybridized carbons (Fsp3) is 0.579. The maximum atomic E-state index is 9.31. The van der Waals surface area contributed by atoms with Gasteiger partial charge in [-0.3, -0.25) is 0 Å². The van der Waals surface area contributed by atoms with Gasteiger partial charge in [0, 0.05) is 36.8 Å². The minimum Gasteiger partial charge on any atom is -0.396 e. The van der Waals surface area contributed by atoms with Crippen LogP contribution in [0.5, 0.6) is 0 Å². The van der Waals surface area contributed by atoms with E-state index in [1.807, 2.05) is 0 Å². The van der Waals surface area contributed by atoms with Crippen LogP contribution in [0.4, 0.5) is 11.9 Å². The quantitative estimate of drug-likeness (QED) is 0.587. The van der Waals surface area contributed by atoms with E-state index >= 15 is 0 Å². The van der Waals surface area contributed by atoms with Gasteiger partial charge >= 0.3 is 0 Å². The molecule has 0 radical (unpaired) electrons. The van der Waals surface area contributed by atoms with Crippen LogP contribution >= 0.6 is 15.9 Å². The Bertz CT molecular complexity index is 706. The molecule has 148 valence electrons. The Hall–Kier alpha value is -1.64. The van der Waals surface area contributed by atoms with E-state index in [9.17, 15) is 5.11 Å². The third-order valence-corrected chi connectivity index (χ3v) is 5.98. The van der Waals surface area contributed by atoms with E-state index in [1.54, 1.807) is 0 Å². The fourth-order valence-corrected chi connectivity index (χ4v) is 4.22. The molecule has 27 heavy (non-hydrogen) atoms. The Kier molecular flexibility index (Phi) is 7.09. The first-order valence-corrected chi connectivity index (χ1v) is 10.3. The second-order valence-corrected chi connectivity index (χ2v) is 8.22. The summed E-state index contributed by atoms with van der Waals surface area (Å²) in [6.45, 7) is 3.09. The van der Waals surface area contributed by atoms with Crippen LogP contribution in [-0.4, -0.2) is 64.5 Å². The lowest BCUT2D eigenvalue weighted by molar-refractivity contribution is 0.137. The third kappa shape index (κ3) is 5.43. The number of nitrogens with zero attached hydrogens (tertiary/aromatic N) is 4. The number of nitrogen functional groups attached to an aromatic ring is 1. The number of anilines is 2. The zero-order valence-corrected chi connectivity index (χ0v) is 17.4. The second kappa shape index (κ2) is 9.52. The highest BCUT2D eigenvalue weighted by molar-refractivity contribution is 9.10.